The van der Waals surface area contributed by atoms with Gasteiger partial charge in [-0.1, -0.05) is 74.3 Å². The zero-order valence-corrected chi connectivity index (χ0v) is 42.4. The number of Topliss-reactive ketones (excluding diaryl/α,β-unsaturated/α-hetero) is 2. The van der Waals surface area contributed by atoms with Crippen molar-refractivity contribution in [2.75, 3.05) is 13.2 Å². The Morgan fingerprint density at radius 1 is 0.746 bits per heavy atom. The summed E-state index contributed by atoms with van der Waals surface area (Å²) in [6.07, 6.45) is 8.73. The first-order valence-corrected chi connectivity index (χ1v) is 24.6. The predicted molar refractivity (Wildman–Crippen MR) is 253 cm³/mol. The van der Waals surface area contributed by atoms with E-state index in [4.69, 9.17) is 4.74 Å². The normalized spacial score (nSPS) is 45.5. The van der Waals surface area contributed by atoms with E-state index in [1.807, 2.05) is 0 Å². The second-order valence-electron chi connectivity index (χ2n) is 21.9. The van der Waals surface area contributed by atoms with E-state index in [-0.39, 0.29) is 48.4 Å². The van der Waals surface area contributed by atoms with Gasteiger partial charge in [0.05, 0.1) is 16.5 Å². The Kier molecular flexibility index (Phi) is 15.0. The van der Waals surface area contributed by atoms with Gasteiger partial charge in [0.1, 0.15) is 17.8 Å². The summed E-state index contributed by atoms with van der Waals surface area (Å²) in [5.74, 6) is -4.92. The third-order valence-electron chi connectivity index (χ3n) is 18.3. The molecule has 0 saturated heterocycles. The van der Waals surface area contributed by atoms with E-state index in [1.54, 1.807) is 67.5 Å². The van der Waals surface area contributed by atoms with Gasteiger partial charge in [-0.25, -0.2) is 8.78 Å². The summed E-state index contributed by atoms with van der Waals surface area (Å²) in [6.45, 7) is 13.9. The maximum Gasteiger partial charge on any atom is 0.303 e. The number of ether oxygens (including phenoxy) is 1. The highest BCUT2D eigenvalue weighted by molar-refractivity contribution is 9.20. The van der Waals surface area contributed by atoms with Crippen molar-refractivity contribution in [2.24, 2.45) is 57.2 Å². The van der Waals surface area contributed by atoms with Crippen molar-refractivity contribution in [2.45, 2.75) is 160 Å². The van der Waals surface area contributed by atoms with Gasteiger partial charge >= 0.3 is 5.97 Å². The fourth-order valence-corrected chi connectivity index (χ4v) is 14.7. The molecule has 8 rings (SSSR count). The largest absolute Gasteiger partial charge is 0.458 e. The van der Waals surface area contributed by atoms with Crippen LogP contribution in [0.25, 0.3) is 0 Å². The van der Waals surface area contributed by atoms with E-state index in [9.17, 15) is 54.3 Å². The molecular formula is C51H70Br2F2O12. The minimum atomic E-state index is -2.01. The number of esters is 1. The number of halogens is 4. The predicted octanol–water partition coefficient (Wildman–Crippen LogP) is 7.08. The van der Waals surface area contributed by atoms with Gasteiger partial charge in [0.2, 0.25) is 10.5 Å². The quantitative estimate of drug-likeness (QED) is 0.103. The van der Waals surface area contributed by atoms with Crippen molar-refractivity contribution < 1.29 is 67.8 Å². The molecule has 0 heterocycles. The van der Waals surface area contributed by atoms with Crippen LogP contribution in [-0.4, -0.2) is 112 Å². The number of ketones is 4. The molecule has 0 bridgehead atoms. The first kappa shape index (κ1) is 55.3. The van der Waals surface area contributed by atoms with E-state index in [0.29, 0.717) is 49.7 Å². The highest BCUT2D eigenvalue weighted by atomic mass is 79.9. The van der Waals surface area contributed by atoms with E-state index >= 15 is 8.78 Å². The van der Waals surface area contributed by atoms with Crippen LogP contribution in [0.3, 0.4) is 0 Å². The molecule has 0 aromatic rings. The summed E-state index contributed by atoms with van der Waals surface area (Å²) in [4.78, 5) is 70.9. The summed E-state index contributed by atoms with van der Waals surface area (Å²) >= 11 is 5.96. The smallest absolute Gasteiger partial charge is 0.303 e. The lowest BCUT2D eigenvalue weighted by atomic mass is 9.44. The monoisotopic (exact) mass is 1070 g/mol. The number of carbonyl (C=O) groups is 6. The van der Waals surface area contributed by atoms with Crippen LogP contribution in [0.2, 0.25) is 0 Å². The van der Waals surface area contributed by atoms with Crippen LogP contribution in [0.15, 0.2) is 47.6 Å². The molecule has 12 nitrogen and oxygen atoms in total. The van der Waals surface area contributed by atoms with Gasteiger partial charge in [0.25, 0.3) is 0 Å². The zero-order valence-electron chi connectivity index (χ0n) is 39.3. The number of carbonyl (C=O) groups excluding carboxylic acids is 6. The maximum absolute atomic E-state index is 17.0. The standard InChI is InChI=1S/C24H31FO6.C22H29FO5.C4H6Br2O.CH4/c1-13-9-18-17-6-5-15-10-16(27)7-8-21(15,3)23(17,25)19(28)11-22(18,4)24(13,30)20(29)12-31-14(2)26;1-12-8-16-15-5-4-13-9-14(25)6-7-19(13,2)21(15,23)17(26)10-20(16,3)22(12,28)18(27)11-24;1-4(2,6)3(5)7;/h7-8,10,13,17-19,28,30H,5-6,9,11-12H2,1-4H3;6-7,9,12,15-17,24,26,28H,4-5,8,10-11H2,1-3H3;1-2H3;1H4. The molecule has 374 valence electrons. The number of allylic oxidation sites excluding steroid dienone is 8. The summed E-state index contributed by atoms with van der Waals surface area (Å²) < 4.78 is 38.3. The molecule has 67 heavy (non-hydrogen) atoms. The molecule has 0 amide bonds. The fraction of sp³-hybridized carbons (Fsp3) is 0.725. The Bertz CT molecular complexity index is 2200. The summed E-state index contributed by atoms with van der Waals surface area (Å²) in [7, 11) is 0. The van der Waals surface area contributed by atoms with Gasteiger partial charge in [0.15, 0.2) is 35.3 Å². The lowest BCUT2D eigenvalue weighted by Crippen LogP contribution is -2.69. The zero-order chi connectivity index (χ0) is 49.8. The molecular weight excluding hydrogens is 1000 g/mol. The number of fused-ring (bicyclic) bond motifs is 10. The van der Waals surface area contributed by atoms with Crippen LogP contribution >= 0.6 is 31.9 Å². The average molecular weight is 1070 g/mol. The Hall–Kier alpha value is -2.60. The first-order valence-electron chi connectivity index (χ1n) is 23.0. The van der Waals surface area contributed by atoms with Crippen LogP contribution in [-0.2, 0) is 33.5 Å². The minimum absolute atomic E-state index is 0. The van der Waals surface area contributed by atoms with Crippen molar-refractivity contribution >= 4 is 65.7 Å². The molecule has 16 heteroatoms. The summed E-state index contributed by atoms with van der Waals surface area (Å²) in [6, 6.07) is 0. The summed E-state index contributed by atoms with van der Waals surface area (Å²) in [5.41, 5.74) is -10.5. The lowest BCUT2D eigenvalue weighted by molar-refractivity contribution is -0.219. The number of aliphatic hydroxyl groups is 5. The number of hydrogen-bond donors (Lipinski definition) is 5. The van der Waals surface area contributed by atoms with Gasteiger partial charge in [-0.05, 0) is 143 Å². The van der Waals surface area contributed by atoms with Crippen LogP contribution in [0.5, 0.6) is 0 Å². The van der Waals surface area contributed by atoms with E-state index in [2.05, 4.69) is 31.9 Å². The highest BCUT2D eigenvalue weighted by Gasteiger charge is 2.77. The molecule has 0 aliphatic heterocycles. The molecule has 8 aliphatic carbocycles. The lowest BCUT2D eigenvalue weighted by Gasteiger charge is -2.62. The molecule has 8 aliphatic rings. The van der Waals surface area contributed by atoms with Gasteiger partial charge in [0, 0.05) is 40.4 Å². The van der Waals surface area contributed by atoms with Crippen LogP contribution in [0.1, 0.15) is 121 Å². The average Bonchev–Trinajstić information content (AvgIpc) is 3.56. The van der Waals surface area contributed by atoms with Crippen molar-refractivity contribution in [3.63, 3.8) is 0 Å². The molecule has 6 fully saturated rings. The topological polar surface area (TPSA) is 213 Å². The van der Waals surface area contributed by atoms with Gasteiger partial charge in [-0.15, -0.1) is 0 Å². The fourth-order valence-electron chi connectivity index (χ4n) is 14.7. The Morgan fingerprint density at radius 3 is 1.43 bits per heavy atom. The van der Waals surface area contributed by atoms with E-state index in [1.165, 1.54) is 31.2 Å². The van der Waals surface area contributed by atoms with E-state index < -0.39 is 115 Å². The van der Waals surface area contributed by atoms with Gasteiger partial charge < -0.3 is 30.3 Å². The summed E-state index contributed by atoms with van der Waals surface area (Å²) in [5, 5.41) is 54.9. The Balaban J connectivity index is 0.000000218. The van der Waals surface area contributed by atoms with Crippen molar-refractivity contribution in [3.8, 4) is 0 Å². The first-order chi connectivity index (χ1) is 30.2. The van der Waals surface area contributed by atoms with Gasteiger partial charge in [-0.2, -0.15) is 0 Å². The SMILES string of the molecule is C.CC(=O)OCC(=O)C1(O)C(C)CC2C3CCC4=CC(=O)C=CC4(C)C3(F)C(O)CC21C.CC(C)(Br)C(=O)Br.CC1CC2C3CCC4=CC(=O)C=CC4(C)C3(F)C(O)CC2(C)C1(O)C(=O)CO. The van der Waals surface area contributed by atoms with Crippen LogP contribution in [0, 0.1) is 57.2 Å². The van der Waals surface area contributed by atoms with E-state index in [0.717, 1.165) is 0 Å². The second kappa shape index (κ2) is 18.2. The number of aliphatic hydroxyl groups excluding tert-OH is 3. The Labute approximate surface area is 409 Å². The van der Waals surface area contributed by atoms with Crippen LogP contribution < -0.4 is 0 Å². The molecule has 16 unspecified atom stereocenters. The van der Waals surface area contributed by atoms with Crippen molar-refractivity contribution in [1.82, 2.24) is 0 Å². The molecule has 0 radical (unpaired) electrons. The number of rotatable bonds is 6. The molecule has 16 atom stereocenters. The minimum Gasteiger partial charge on any atom is -0.458 e. The molecule has 0 spiro atoms. The third-order valence-corrected chi connectivity index (χ3v) is 20.2. The Morgan fingerprint density at radius 2 is 1.10 bits per heavy atom. The maximum atomic E-state index is 17.0. The third kappa shape index (κ3) is 7.86. The number of alkyl halides is 3. The molecule has 0 aromatic carbocycles. The molecule has 5 N–H and O–H groups in total. The second-order valence-corrected chi connectivity index (χ2v) is 24.6. The highest BCUT2D eigenvalue weighted by Crippen LogP contribution is 2.72. The van der Waals surface area contributed by atoms with Crippen molar-refractivity contribution in [3.05, 3.63) is 47.6 Å². The molecule has 6 saturated carbocycles. The van der Waals surface area contributed by atoms with Crippen LogP contribution in [0.4, 0.5) is 8.78 Å². The van der Waals surface area contributed by atoms with Gasteiger partial charge in [-0.3, -0.25) is 28.8 Å². The van der Waals surface area contributed by atoms with Crippen molar-refractivity contribution in [1.29, 1.82) is 0 Å². The number of hydrogen-bond acceptors (Lipinski definition) is 12. The molecule has 0 aromatic heterocycles.